The van der Waals surface area contributed by atoms with E-state index in [1.807, 2.05) is 0 Å². The predicted octanol–water partition coefficient (Wildman–Crippen LogP) is 3.24. The first-order chi connectivity index (χ1) is 11.3. The zero-order chi connectivity index (χ0) is 17.5. The summed E-state index contributed by atoms with van der Waals surface area (Å²) in [5.41, 5.74) is 1.57. The Morgan fingerprint density at radius 1 is 1.08 bits per heavy atom. The molecule has 3 aromatic rings. The molecule has 0 radical (unpaired) electrons. The van der Waals surface area contributed by atoms with Crippen LogP contribution in [0.2, 0.25) is 0 Å². The molecular formula is C16H12F2N2O3S. The summed E-state index contributed by atoms with van der Waals surface area (Å²) in [6.07, 6.45) is 0. The van der Waals surface area contributed by atoms with Gasteiger partial charge in [0.15, 0.2) is 0 Å². The summed E-state index contributed by atoms with van der Waals surface area (Å²) in [6.45, 7) is 1.62. The van der Waals surface area contributed by atoms with Gasteiger partial charge < -0.3 is 4.52 Å². The van der Waals surface area contributed by atoms with Crippen molar-refractivity contribution in [2.45, 2.75) is 11.8 Å². The summed E-state index contributed by atoms with van der Waals surface area (Å²) in [5.74, 6) is -1.05. The van der Waals surface area contributed by atoms with Gasteiger partial charge in [-0.3, -0.25) is 0 Å². The van der Waals surface area contributed by atoms with E-state index >= 15 is 0 Å². The fraction of sp³-hybridized carbons (Fsp3) is 0.0625. The second-order valence-corrected chi connectivity index (χ2v) is 6.69. The number of aromatic nitrogens is 1. The van der Waals surface area contributed by atoms with Crippen LogP contribution >= 0.6 is 0 Å². The number of aryl methyl sites for hydroxylation is 1. The van der Waals surface area contributed by atoms with Crippen molar-refractivity contribution in [3.63, 3.8) is 0 Å². The van der Waals surface area contributed by atoms with Gasteiger partial charge in [-0.2, -0.15) is 0 Å². The molecule has 5 nitrogen and oxygen atoms in total. The van der Waals surface area contributed by atoms with Crippen molar-refractivity contribution in [3.8, 4) is 22.4 Å². The summed E-state index contributed by atoms with van der Waals surface area (Å²) < 4.78 is 55.3. The normalized spacial score (nSPS) is 11.7. The molecule has 0 saturated heterocycles. The number of hydrogen-bond donors (Lipinski definition) is 1. The Labute approximate surface area is 136 Å². The number of primary sulfonamides is 1. The molecule has 0 aliphatic heterocycles. The predicted molar refractivity (Wildman–Crippen MR) is 83.4 cm³/mol. The molecule has 1 aromatic heterocycles. The van der Waals surface area contributed by atoms with E-state index in [0.29, 0.717) is 28.1 Å². The third-order valence-corrected chi connectivity index (χ3v) is 4.43. The molecule has 24 heavy (non-hydrogen) atoms. The minimum Gasteiger partial charge on any atom is -0.360 e. The maximum Gasteiger partial charge on any atom is 0.240 e. The number of nitrogens with two attached hydrogens (primary N) is 1. The molecular weight excluding hydrogens is 338 g/mol. The fourth-order valence-electron chi connectivity index (χ4n) is 2.43. The molecule has 0 aliphatic rings. The lowest BCUT2D eigenvalue weighted by Crippen LogP contribution is -2.13. The third kappa shape index (κ3) is 2.93. The number of benzene rings is 2. The van der Waals surface area contributed by atoms with Crippen LogP contribution in [-0.2, 0) is 10.0 Å². The Morgan fingerprint density at radius 3 is 2.46 bits per heavy atom. The van der Waals surface area contributed by atoms with Gasteiger partial charge in [-0.15, -0.1) is 0 Å². The zero-order valence-electron chi connectivity index (χ0n) is 12.5. The molecule has 2 N–H and O–H groups in total. The first-order valence-corrected chi connectivity index (χ1v) is 8.37. The van der Waals surface area contributed by atoms with Crippen molar-refractivity contribution in [1.82, 2.24) is 5.16 Å². The van der Waals surface area contributed by atoms with Gasteiger partial charge in [0.1, 0.15) is 28.0 Å². The van der Waals surface area contributed by atoms with Gasteiger partial charge in [0.25, 0.3) is 0 Å². The molecule has 8 heteroatoms. The molecule has 0 bridgehead atoms. The van der Waals surface area contributed by atoms with Crippen LogP contribution in [-0.4, -0.2) is 13.6 Å². The van der Waals surface area contributed by atoms with Crippen LogP contribution in [0.15, 0.2) is 51.9 Å². The molecule has 0 saturated carbocycles. The Bertz CT molecular complexity index is 1030. The van der Waals surface area contributed by atoms with Gasteiger partial charge in [0.2, 0.25) is 10.0 Å². The van der Waals surface area contributed by atoms with Crippen molar-refractivity contribution in [2.75, 3.05) is 0 Å². The standard InChI is InChI=1S/C16H12F2N2O3S/c1-9-15(10-5-6-14(13(18)8-10)24(19,21)22)16(20-23-9)11-3-2-4-12(17)7-11/h2-8H,1H3,(H2,19,21,22). The molecule has 0 atom stereocenters. The highest BCUT2D eigenvalue weighted by atomic mass is 32.2. The van der Waals surface area contributed by atoms with Gasteiger partial charge in [0.05, 0.1) is 5.56 Å². The van der Waals surface area contributed by atoms with Crippen LogP contribution in [0.5, 0.6) is 0 Å². The van der Waals surface area contributed by atoms with E-state index in [9.17, 15) is 17.2 Å². The van der Waals surface area contributed by atoms with Crippen LogP contribution in [0.4, 0.5) is 8.78 Å². The number of sulfonamides is 1. The highest BCUT2D eigenvalue weighted by Gasteiger charge is 2.20. The molecule has 3 rings (SSSR count). The first-order valence-electron chi connectivity index (χ1n) is 6.82. The Morgan fingerprint density at radius 2 is 1.83 bits per heavy atom. The van der Waals surface area contributed by atoms with Crippen molar-refractivity contribution in [3.05, 3.63) is 59.9 Å². The lowest BCUT2D eigenvalue weighted by molar-refractivity contribution is 0.400. The molecule has 0 aliphatic carbocycles. The Kier molecular flexibility index (Phi) is 3.94. The molecule has 124 valence electrons. The lowest BCUT2D eigenvalue weighted by atomic mass is 9.99. The summed E-state index contributed by atoms with van der Waals surface area (Å²) in [4.78, 5) is -0.604. The molecule has 1 heterocycles. The quantitative estimate of drug-likeness (QED) is 0.786. The van der Waals surface area contributed by atoms with E-state index in [2.05, 4.69) is 5.16 Å². The maximum absolute atomic E-state index is 14.1. The van der Waals surface area contributed by atoms with Crippen LogP contribution < -0.4 is 5.14 Å². The second-order valence-electron chi connectivity index (χ2n) is 5.16. The summed E-state index contributed by atoms with van der Waals surface area (Å²) in [7, 11) is -4.16. The average molecular weight is 350 g/mol. The molecule has 0 spiro atoms. The number of rotatable bonds is 3. The smallest absolute Gasteiger partial charge is 0.240 e. The molecule has 0 unspecified atom stereocenters. The highest BCUT2D eigenvalue weighted by Crippen LogP contribution is 2.35. The average Bonchev–Trinajstić information content (AvgIpc) is 2.87. The SMILES string of the molecule is Cc1onc(-c2cccc(F)c2)c1-c1ccc(S(N)(=O)=O)c(F)c1. The summed E-state index contributed by atoms with van der Waals surface area (Å²) >= 11 is 0. The zero-order valence-corrected chi connectivity index (χ0v) is 13.3. The molecule has 2 aromatic carbocycles. The number of halogens is 2. The lowest BCUT2D eigenvalue weighted by Gasteiger charge is -2.06. The second kappa shape index (κ2) is 5.81. The van der Waals surface area contributed by atoms with Crippen molar-refractivity contribution >= 4 is 10.0 Å². The van der Waals surface area contributed by atoms with E-state index in [-0.39, 0.29) is 0 Å². The molecule has 0 amide bonds. The van der Waals surface area contributed by atoms with Gasteiger partial charge in [-0.05, 0) is 36.8 Å². The van der Waals surface area contributed by atoms with Crippen molar-refractivity contribution in [1.29, 1.82) is 0 Å². The molecule has 0 fully saturated rings. The fourth-order valence-corrected chi connectivity index (χ4v) is 3.02. The minimum absolute atomic E-state index is 0.328. The van der Waals surface area contributed by atoms with E-state index in [1.165, 1.54) is 24.3 Å². The van der Waals surface area contributed by atoms with Gasteiger partial charge >= 0.3 is 0 Å². The first kappa shape index (κ1) is 16.3. The van der Waals surface area contributed by atoms with E-state index < -0.39 is 26.6 Å². The van der Waals surface area contributed by atoms with Crippen LogP contribution in [0.3, 0.4) is 0 Å². The monoisotopic (exact) mass is 350 g/mol. The number of nitrogens with zero attached hydrogens (tertiary/aromatic N) is 1. The third-order valence-electron chi connectivity index (χ3n) is 3.49. The highest BCUT2D eigenvalue weighted by molar-refractivity contribution is 7.89. The summed E-state index contributed by atoms with van der Waals surface area (Å²) in [6, 6.07) is 9.21. The number of hydrogen-bond acceptors (Lipinski definition) is 4. The van der Waals surface area contributed by atoms with Gasteiger partial charge in [-0.25, -0.2) is 22.3 Å². The van der Waals surface area contributed by atoms with E-state index in [0.717, 1.165) is 12.1 Å². The minimum atomic E-state index is -4.16. The van der Waals surface area contributed by atoms with Crippen LogP contribution in [0.25, 0.3) is 22.4 Å². The summed E-state index contributed by atoms with van der Waals surface area (Å²) in [5, 5.41) is 8.85. The maximum atomic E-state index is 14.1. The van der Waals surface area contributed by atoms with Crippen LogP contribution in [0, 0.1) is 18.6 Å². The van der Waals surface area contributed by atoms with Crippen LogP contribution in [0.1, 0.15) is 5.76 Å². The Balaban J connectivity index is 2.18. The van der Waals surface area contributed by atoms with Gasteiger partial charge in [-0.1, -0.05) is 23.4 Å². The van der Waals surface area contributed by atoms with Crippen molar-refractivity contribution in [2.24, 2.45) is 5.14 Å². The van der Waals surface area contributed by atoms with E-state index in [1.54, 1.807) is 13.0 Å². The largest absolute Gasteiger partial charge is 0.360 e. The Hall–Kier alpha value is -2.58. The van der Waals surface area contributed by atoms with Gasteiger partial charge in [0, 0.05) is 5.56 Å². The van der Waals surface area contributed by atoms with E-state index in [4.69, 9.17) is 9.66 Å². The van der Waals surface area contributed by atoms with Crippen molar-refractivity contribution < 1.29 is 21.7 Å². The topological polar surface area (TPSA) is 86.2 Å².